The van der Waals surface area contributed by atoms with Gasteiger partial charge in [0.05, 0.1) is 6.54 Å². The van der Waals surface area contributed by atoms with E-state index in [0.29, 0.717) is 6.42 Å². The number of nitrogens with one attached hydrogen (secondary N) is 1. The lowest BCUT2D eigenvalue weighted by Crippen LogP contribution is -2.52. The summed E-state index contributed by atoms with van der Waals surface area (Å²) in [5.74, 6) is -0.767. The number of imide groups is 1. The molecule has 6 nitrogen and oxygen atoms in total. The molecule has 1 N–H and O–H groups in total. The van der Waals surface area contributed by atoms with Crippen LogP contribution in [0.25, 0.3) is 0 Å². The molecule has 2 aliphatic heterocycles. The van der Waals surface area contributed by atoms with Gasteiger partial charge in [-0.3, -0.25) is 19.8 Å². The zero-order valence-electron chi connectivity index (χ0n) is 12.2. The number of hydrogen-bond acceptors (Lipinski definition) is 4. The van der Waals surface area contributed by atoms with Gasteiger partial charge in [0.25, 0.3) is 0 Å². The molecule has 0 aromatic heterocycles. The Morgan fingerprint density at radius 1 is 1.27 bits per heavy atom. The number of ether oxygens (including phenoxy) is 1. The molecule has 2 rings (SSSR count). The predicted molar refractivity (Wildman–Crippen MR) is 80.8 cm³/mol. The molecular formula is C16H18N2O4. The molecule has 0 aromatic carbocycles. The van der Waals surface area contributed by atoms with Crippen molar-refractivity contribution in [3.05, 3.63) is 49.1 Å². The Bertz CT molecular complexity index is 577. The fourth-order valence-corrected chi connectivity index (χ4v) is 2.47. The van der Waals surface area contributed by atoms with Crippen molar-refractivity contribution < 1.29 is 19.1 Å². The molecule has 2 heterocycles. The molecule has 22 heavy (non-hydrogen) atoms. The van der Waals surface area contributed by atoms with Crippen molar-refractivity contribution in [1.29, 1.82) is 0 Å². The van der Waals surface area contributed by atoms with Gasteiger partial charge in [-0.2, -0.15) is 0 Å². The molecule has 2 atom stereocenters. The Morgan fingerprint density at radius 2 is 2.05 bits per heavy atom. The van der Waals surface area contributed by atoms with Gasteiger partial charge in [0.2, 0.25) is 11.8 Å². The van der Waals surface area contributed by atoms with E-state index in [2.05, 4.69) is 18.5 Å². The summed E-state index contributed by atoms with van der Waals surface area (Å²) in [4.78, 5) is 36.5. The largest absolute Gasteiger partial charge is 0.439 e. The second-order valence-corrected chi connectivity index (χ2v) is 4.99. The first-order valence-corrected chi connectivity index (χ1v) is 6.99. The molecule has 2 unspecified atom stereocenters. The molecule has 2 saturated heterocycles. The lowest BCUT2D eigenvalue weighted by atomic mass is 10.0. The predicted octanol–water partition coefficient (Wildman–Crippen LogP) is 1.47. The van der Waals surface area contributed by atoms with Gasteiger partial charge in [0.15, 0.2) is 0 Å². The van der Waals surface area contributed by atoms with Gasteiger partial charge in [0.1, 0.15) is 12.1 Å². The monoisotopic (exact) mass is 302 g/mol. The van der Waals surface area contributed by atoms with Gasteiger partial charge in [-0.15, -0.1) is 0 Å². The number of amides is 3. The van der Waals surface area contributed by atoms with Crippen LogP contribution in [0.2, 0.25) is 0 Å². The second-order valence-electron chi connectivity index (χ2n) is 4.99. The van der Waals surface area contributed by atoms with Crippen molar-refractivity contribution >= 4 is 17.9 Å². The molecule has 116 valence electrons. The lowest BCUT2D eigenvalue weighted by Gasteiger charge is -2.27. The van der Waals surface area contributed by atoms with Crippen molar-refractivity contribution in [2.24, 2.45) is 0 Å². The summed E-state index contributed by atoms with van der Waals surface area (Å²) in [6.45, 7) is 7.49. The number of hydrogen-bond donors (Lipinski definition) is 1. The van der Waals surface area contributed by atoms with E-state index in [4.69, 9.17) is 4.74 Å². The highest BCUT2D eigenvalue weighted by molar-refractivity contribution is 6.01. The SMILES string of the molecule is C=C/C=C\C(=C/C=C)C1CN(C2CCC(=O)NC2=O)C(=O)O1. The second kappa shape index (κ2) is 6.89. The van der Waals surface area contributed by atoms with Crippen LogP contribution < -0.4 is 5.32 Å². The third-order valence-electron chi connectivity index (χ3n) is 3.53. The van der Waals surface area contributed by atoms with E-state index < -0.39 is 24.1 Å². The standard InChI is InChI=1S/C16H18N2O4/c1-3-5-7-11(6-4-2)13-10-18(16(21)22-13)12-8-9-14(19)17-15(12)20/h3-7,12-13H,1-2,8-10H2,(H,17,19,20)/b7-5-,11-6+. The fourth-order valence-electron chi connectivity index (χ4n) is 2.47. The highest BCUT2D eigenvalue weighted by Gasteiger charge is 2.42. The van der Waals surface area contributed by atoms with Crippen LogP contribution in [-0.4, -0.2) is 41.5 Å². The van der Waals surface area contributed by atoms with Crippen molar-refractivity contribution in [3.8, 4) is 0 Å². The summed E-state index contributed by atoms with van der Waals surface area (Å²) in [6, 6.07) is -0.663. The van der Waals surface area contributed by atoms with Crippen molar-refractivity contribution in [2.75, 3.05) is 6.54 Å². The van der Waals surface area contributed by atoms with Crippen LogP contribution in [0.5, 0.6) is 0 Å². The minimum absolute atomic E-state index is 0.219. The zero-order chi connectivity index (χ0) is 16.1. The number of carbonyl (C=O) groups is 3. The van der Waals surface area contributed by atoms with Gasteiger partial charge in [-0.05, 0) is 12.0 Å². The minimum atomic E-state index is -0.663. The maximum Gasteiger partial charge on any atom is 0.411 e. The first-order chi connectivity index (χ1) is 10.6. The van der Waals surface area contributed by atoms with E-state index in [1.165, 1.54) is 4.90 Å². The number of carbonyl (C=O) groups excluding carboxylic acids is 3. The maximum atomic E-state index is 12.0. The van der Waals surface area contributed by atoms with E-state index in [0.717, 1.165) is 5.57 Å². The van der Waals surface area contributed by atoms with Crippen LogP contribution in [0.1, 0.15) is 12.8 Å². The number of allylic oxidation sites excluding steroid dienone is 4. The summed E-state index contributed by atoms with van der Waals surface area (Å²) in [7, 11) is 0. The Kier molecular flexibility index (Phi) is 4.93. The van der Waals surface area contributed by atoms with Gasteiger partial charge in [0, 0.05) is 6.42 Å². The van der Waals surface area contributed by atoms with Crippen molar-refractivity contribution in [2.45, 2.75) is 25.0 Å². The van der Waals surface area contributed by atoms with Crippen LogP contribution in [0.15, 0.2) is 49.1 Å². The summed E-state index contributed by atoms with van der Waals surface area (Å²) < 4.78 is 5.33. The fraction of sp³-hybridized carbons (Fsp3) is 0.312. The molecule has 3 amide bonds. The molecule has 0 spiro atoms. The first kappa shape index (κ1) is 15.8. The van der Waals surface area contributed by atoms with E-state index in [-0.39, 0.29) is 18.9 Å². The number of rotatable bonds is 5. The van der Waals surface area contributed by atoms with Crippen LogP contribution in [0.3, 0.4) is 0 Å². The molecule has 0 aromatic rings. The van der Waals surface area contributed by atoms with Crippen LogP contribution in [0.4, 0.5) is 4.79 Å². The summed E-state index contributed by atoms with van der Waals surface area (Å²) in [5, 5.41) is 2.24. The van der Waals surface area contributed by atoms with Gasteiger partial charge in [-0.1, -0.05) is 43.5 Å². The molecule has 0 radical (unpaired) electrons. The number of cyclic esters (lactones) is 1. The molecular weight excluding hydrogens is 284 g/mol. The van der Waals surface area contributed by atoms with Crippen LogP contribution >= 0.6 is 0 Å². The normalized spacial score (nSPS) is 26.1. The van der Waals surface area contributed by atoms with Gasteiger partial charge < -0.3 is 4.74 Å². The lowest BCUT2D eigenvalue weighted by molar-refractivity contribution is -0.136. The van der Waals surface area contributed by atoms with E-state index in [9.17, 15) is 14.4 Å². The minimum Gasteiger partial charge on any atom is -0.439 e. The topological polar surface area (TPSA) is 75.7 Å². The Balaban J connectivity index is 2.13. The average Bonchev–Trinajstić information content (AvgIpc) is 2.85. The highest BCUT2D eigenvalue weighted by atomic mass is 16.6. The smallest absolute Gasteiger partial charge is 0.411 e. The Labute approximate surface area is 128 Å². The van der Waals surface area contributed by atoms with E-state index in [1.54, 1.807) is 30.4 Å². The Hall–Kier alpha value is -2.63. The molecule has 2 aliphatic rings. The quantitative estimate of drug-likeness (QED) is 0.616. The highest BCUT2D eigenvalue weighted by Crippen LogP contribution is 2.24. The molecule has 0 aliphatic carbocycles. The average molecular weight is 302 g/mol. The van der Waals surface area contributed by atoms with E-state index in [1.807, 2.05) is 0 Å². The van der Waals surface area contributed by atoms with Crippen LogP contribution in [0, 0.1) is 0 Å². The molecule has 2 fully saturated rings. The Morgan fingerprint density at radius 3 is 2.68 bits per heavy atom. The third kappa shape index (κ3) is 3.33. The molecule has 0 saturated carbocycles. The molecule has 0 bridgehead atoms. The summed E-state index contributed by atoms with van der Waals surface area (Å²) >= 11 is 0. The van der Waals surface area contributed by atoms with Crippen molar-refractivity contribution in [3.63, 3.8) is 0 Å². The van der Waals surface area contributed by atoms with E-state index >= 15 is 0 Å². The van der Waals surface area contributed by atoms with Crippen molar-refractivity contribution in [1.82, 2.24) is 10.2 Å². The summed E-state index contributed by atoms with van der Waals surface area (Å²) in [5.41, 5.74) is 0.762. The van der Waals surface area contributed by atoms with Crippen LogP contribution in [-0.2, 0) is 14.3 Å². The molecule has 6 heteroatoms. The van der Waals surface area contributed by atoms with Gasteiger partial charge in [-0.25, -0.2) is 4.79 Å². The van der Waals surface area contributed by atoms with Gasteiger partial charge >= 0.3 is 6.09 Å². The summed E-state index contributed by atoms with van der Waals surface area (Å²) in [6.07, 6.45) is 7.97. The third-order valence-corrected chi connectivity index (χ3v) is 3.53. The first-order valence-electron chi connectivity index (χ1n) is 6.99. The number of nitrogens with zero attached hydrogens (tertiary/aromatic N) is 1. The number of piperidine rings is 1. The maximum absolute atomic E-state index is 12.0. The zero-order valence-corrected chi connectivity index (χ0v) is 12.2.